The van der Waals surface area contributed by atoms with Crippen molar-refractivity contribution in [3.8, 4) is 0 Å². The molecule has 100 valence electrons. The molecule has 1 rings (SSSR count). The van der Waals surface area contributed by atoms with Gasteiger partial charge >= 0.3 is 0 Å². The molecular weight excluding hydrogens is 226 g/mol. The van der Waals surface area contributed by atoms with Crippen molar-refractivity contribution in [1.29, 1.82) is 0 Å². The van der Waals surface area contributed by atoms with Gasteiger partial charge in [-0.15, -0.1) is 0 Å². The van der Waals surface area contributed by atoms with Crippen LogP contribution in [0.3, 0.4) is 0 Å². The lowest BCUT2D eigenvalue weighted by Gasteiger charge is -2.20. The molecule has 1 N–H and O–H groups in total. The highest BCUT2D eigenvalue weighted by molar-refractivity contribution is 5.92. The van der Waals surface area contributed by atoms with Crippen molar-refractivity contribution in [3.63, 3.8) is 0 Å². The predicted molar refractivity (Wildman–Crippen MR) is 74.9 cm³/mol. The van der Waals surface area contributed by atoms with Gasteiger partial charge < -0.3 is 10.2 Å². The molecule has 0 unspecified atom stereocenters. The molecule has 1 aromatic heterocycles. The minimum atomic E-state index is 0.0222. The van der Waals surface area contributed by atoms with Crippen LogP contribution in [0, 0.1) is 0 Å². The number of hydrogen-bond acceptors (Lipinski definition) is 3. The molecule has 0 aliphatic carbocycles. The molecule has 0 fully saturated rings. The Balaban J connectivity index is 2.69. The van der Waals surface area contributed by atoms with Crippen LogP contribution in [0.5, 0.6) is 0 Å². The lowest BCUT2D eigenvalue weighted by atomic mass is 10.2. The van der Waals surface area contributed by atoms with Crippen LogP contribution in [0.25, 0.3) is 0 Å². The van der Waals surface area contributed by atoms with Crippen molar-refractivity contribution in [1.82, 2.24) is 9.88 Å². The molecule has 0 spiro atoms. The number of unbranched alkanes of at least 4 members (excludes halogenated alkanes) is 1. The van der Waals surface area contributed by atoms with Gasteiger partial charge in [0.25, 0.3) is 5.91 Å². The Morgan fingerprint density at radius 2 is 2.11 bits per heavy atom. The number of pyridine rings is 1. The summed E-state index contributed by atoms with van der Waals surface area (Å²) in [5.41, 5.74) is 1.47. The molecule has 4 nitrogen and oxygen atoms in total. The van der Waals surface area contributed by atoms with Gasteiger partial charge in [0.2, 0.25) is 0 Å². The second-order valence-corrected chi connectivity index (χ2v) is 4.20. The summed E-state index contributed by atoms with van der Waals surface area (Å²) >= 11 is 0. The molecule has 0 saturated carbocycles. The van der Waals surface area contributed by atoms with Crippen molar-refractivity contribution in [2.24, 2.45) is 0 Å². The van der Waals surface area contributed by atoms with E-state index >= 15 is 0 Å². The lowest BCUT2D eigenvalue weighted by molar-refractivity contribution is 0.0756. The summed E-state index contributed by atoms with van der Waals surface area (Å²) in [5.74, 6) is 0.0222. The number of nitrogens with zero attached hydrogens (tertiary/aromatic N) is 2. The number of nitrogens with one attached hydrogen (secondary N) is 1. The number of rotatable bonds is 7. The maximum Gasteiger partial charge on any atom is 0.272 e. The molecule has 4 heteroatoms. The van der Waals surface area contributed by atoms with Crippen molar-refractivity contribution in [2.45, 2.75) is 33.6 Å². The van der Waals surface area contributed by atoms with Crippen LogP contribution < -0.4 is 5.32 Å². The monoisotopic (exact) mass is 249 g/mol. The standard InChI is InChI=1S/C14H23N3O/c1-4-7-10-17(6-3)14(18)13-9-8-12(11-16-13)15-5-2/h8-9,11,15H,4-7,10H2,1-3H3. The molecule has 0 atom stereocenters. The third-order valence-electron chi connectivity index (χ3n) is 2.81. The summed E-state index contributed by atoms with van der Waals surface area (Å²) in [6.45, 7) is 8.55. The highest BCUT2D eigenvalue weighted by atomic mass is 16.2. The van der Waals surface area contributed by atoms with Crippen molar-refractivity contribution < 1.29 is 4.79 Å². The molecule has 1 aromatic rings. The average Bonchev–Trinajstić information content (AvgIpc) is 2.40. The molecule has 0 radical (unpaired) electrons. The maximum absolute atomic E-state index is 12.2. The first-order chi connectivity index (χ1) is 8.72. The number of carbonyl (C=O) groups is 1. The zero-order valence-electron chi connectivity index (χ0n) is 11.6. The summed E-state index contributed by atoms with van der Waals surface area (Å²) in [7, 11) is 0. The molecule has 0 aromatic carbocycles. The molecule has 0 aliphatic heterocycles. The highest BCUT2D eigenvalue weighted by Crippen LogP contribution is 2.08. The summed E-state index contributed by atoms with van der Waals surface area (Å²) < 4.78 is 0. The smallest absolute Gasteiger partial charge is 0.272 e. The Bertz CT molecular complexity index is 362. The van der Waals surface area contributed by atoms with Crippen LogP contribution in [0.1, 0.15) is 44.1 Å². The van der Waals surface area contributed by atoms with E-state index in [1.165, 1.54) is 0 Å². The Labute approximate surface area is 109 Å². The van der Waals surface area contributed by atoms with Gasteiger partial charge in [0.15, 0.2) is 0 Å². The Hall–Kier alpha value is -1.58. The van der Waals surface area contributed by atoms with E-state index in [1.807, 2.05) is 24.8 Å². The van der Waals surface area contributed by atoms with Crippen molar-refractivity contribution >= 4 is 11.6 Å². The van der Waals surface area contributed by atoms with Crippen LogP contribution in [-0.4, -0.2) is 35.4 Å². The fourth-order valence-electron chi connectivity index (χ4n) is 1.74. The second kappa shape index (κ2) is 7.69. The van der Waals surface area contributed by atoms with E-state index < -0.39 is 0 Å². The first-order valence-electron chi connectivity index (χ1n) is 6.72. The van der Waals surface area contributed by atoms with Crippen LogP contribution >= 0.6 is 0 Å². The van der Waals surface area contributed by atoms with Crippen LogP contribution in [-0.2, 0) is 0 Å². The van der Waals surface area contributed by atoms with Gasteiger partial charge in [0, 0.05) is 19.6 Å². The third kappa shape index (κ3) is 4.02. The predicted octanol–water partition coefficient (Wildman–Crippen LogP) is 2.78. The van der Waals surface area contributed by atoms with Gasteiger partial charge in [-0.05, 0) is 32.4 Å². The average molecular weight is 249 g/mol. The molecule has 0 aliphatic rings. The minimum Gasteiger partial charge on any atom is -0.384 e. The van der Waals surface area contributed by atoms with Gasteiger partial charge in [-0.1, -0.05) is 13.3 Å². The van der Waals surface area contributed by atoms with E-state index in [0.29, 0.717) is 5.69 Å². The minimum absolute atomic E-state index is 0.0222. The molecular formula is C14H23N3O. The Morgan fingerprint density at radius 1 is 1.33 bits per heavy atom. The van der Waals surface area contributed by atoms with Gasteiger partial charge in [0.1, 0.15) is 5.69 Å². The lowest BCUT2D eigenvalue weighted by Crippen LogP contribution is -2.32. The Morgan fingerprint density at radius 3 is 2.61 bits per heavy atom. The fourth-order valence-corrected chi connectivity index (χ4v) is 1.74. The first-order valence-corrected chi connectivity index (χ1v) is 6.72. The van der Waals surface area contributed by atoms with E-state index in [9.17, 15) is 4.79 Å². The highest BCUT2D eigenvalue weighted by Gasteiger charge is 2.14. The molecule has 1 amide bonds. The maximum atomic E-state index is 12.2. The van der Waals surface area contributed by atoms with Crippen molar-refractivity contribution in [3.05, 3.63) is 24.0 Å². The normalized spacial score (nSPS) is 10.2. The molecule has 18 heavy (non-hydrogen) atoms. The summed E-state index contributed by atoms with van der Waals surface area (Å²) in [6, 6.07) is 3.69. The van der Waals surface area contributed by atoms with E-state index in [4.69, 9.17) is 0 Å². The first kappa shape index (κ1) is 14.5. The number of aromatic nitrogens is 1. The van der Waals surface area contributed by atoms with Gasteiger partial charge in [-0.3, -0.25) is 4.79 Å². The zero-order chi connectivity index (χ0) is 13.4. The van der Waals surface area contributed by atoms with Crippen LogP contribution in [0.15, 0.2) is 18.3 Å². The second-order valence-electron chi connectivity index (χ2n) is 4.20. The van der Waals surface area contributed by atoms with Gasteiger partial charge in [-0.25, -0.2) is 4.98 Å². The number of amides is 1. The van der Waals surface area contributed by atoms with Crippen LogP contribution in [0.2, 0.25) is 0 Å². The number of anilines is 1. The van der Waals surface area contributed by atoms with Crippen molar-refractivity contribution in [2.75, 3.05) is 25.0 Å². The summed E-state index contributed by atoms with van der Waals surface area (Å²) in [6.07, 6.45) is 3.84. The largest absolute Gasteiger partial charge is 0.384 e. The number of carbonyl (C=O) groups excluding carboxylic acids is 1. The quantitative estimate of drug-likeness (QED) is 0.808. The van der Waals surface area contributed by atoms with E-state index in [1.54, 1.807) is 12.3 Å². The third-order valence-corrected chi connectivity index (χ3v) is 2.81. The zero-order valence-corrected chi connectivity index (χ0v) is 11.6. The fraction of sp³-hybridized carbons (Fsp3) is 0.571. The van der Waals surface area contributed by atoms with Gasteiger partial charge in [0.05, 0.1) is 11.9 Å². The summed E-state index contributed by atoms with van der Waals surface area (Å²) in [5, 5.41) is 3.16. The molecule has 1 heterocycles. The van der Waals surface area contributed by atoms with E-state index in [2.05, 4.69) is 17.2 Å². The number of hydrogen-bond donors (Lipinski definition) is 1. The Kier molecular flexibility index (Phi) is 6.19. The molecule has 0 bridgehead atoms. The van der Waals surface area contributed by atoms with E-state index in [-0.39, 0.29) is 5.91 Å². The summed E-state index contributed by atoms with van der Waals surface area (Å²) in [4.78, 5) is 18.3. The van der Waals surface area contributed by atoms with Crippen LogP contribution in [0.4, 0.5) is 5.69 Å². The SMILES string of the molecule is CCCCN(CC)C(=O)c1ccc(NCC)cn1. The van der Waals surface area contributed by atoms with E-state index in [0.717, 1.165) is 38.2 Å². The van der Waals surface area contributed by atoms with Gasteiger partial charge in [-0.2, -0.15) is 0 Å². The molecule has 0 saturated heterocycles. The topological polar surface area (TPSA) is 45.2 Å².